The van der Waals surface area contributed by atoms with Gasteiger partial charge in [-0.25, -0.2) is 8.42 Å². The summed E-state index contributed by atoms with van der Waals surface area (Å²) < 4.78 is 26.7. The number of aromatic amines is 1. The number of sulfonamides is 1. The lowest BCUT2D eigenvalue weighted by Crippen LogP contribution is -2.46. The van der Waals surface area contributed by atoms with E-state index in [0.29, 0.717) is 19.6 Å². The van der Waals surface area contributed by atoms with E-state index in [0.717, 1.165) is 44.2 Å². The molecular formula is C15H26ClN5O3S2. The molecular weight excluding hydrogens is 398 g/mol. The molecule has 0 unspecified atom stereocenters. The quantitative estimate of drug-likeness (QED) is 0.586. The van der Waals surface area contributed by atoms with Crippen molar-refractivity contribution in [3.8, 4) is 0 Å². The zero-order chi connectivity index (χ0) is 17.7. The zero-order valence-corrected chi connectivity index (χ0v) is 17.0. The average Bonchev–Trinajstić information content (AvgIpc) is 3.14. The molecule has 0 saturated carbocycles. The van der Waals surface area contributed by atoms with Crippen LogP contribution in [0.4, 0.5) is 0 Å². The van der Waals surface area contributed by atoms with Crippen molar-refractivity contribution in [2.24, 2.45) is 0 Å². The molecule has 0 spiro atoms. The molecule has 1 amide bonds. The number of rotatable bonds is 6. The number of H-pyrrole nitrogens is 1. The summed E-state index contributed by atoms with van der Waals surface area (Å²) in [6, 6.07) is 1.43. The molecule has 3 N–H and O–H groups in total. The summed E-state index contributed by atoms with van der Waals surface area (Å²) in [5.74, 6) is 1.34. The molecule has 0 radical (unpaired) electrons. The third-order valence-electron chi connectivity index (χ3n) is 4.43. The Morgan fingerprint density at radius 1 is 1.19 bits per heavy atom. The second-order valence-corrected chi connectivity index (χ2v) is 9.28. The molecule has 0 aromatic carbocycles. The molecule has 2 aliphatic rings. The molecule has 2 saturated heterocycles. The van der Waals surface area contributed by atoms with Crippen molar-refractivity contribution in [3.63, 3.8) is 0 Å². The minimum absolute atomic E-state index is 0. The molecule has 148 valence electrons. The van der Waals surface area contributed by atoms with Crippen LogP contribution in [0.15, 0.2) is 17.2 Å². The van der Waals surface area contributed by atoms with Gasteiger partial charge >= 0.3 is 0 Å². The minimum Gasteiger partial charge on any atom is -0.356 e. The van der Waals surface area contributed by atoms with Gasteiger partial charge in [0.1, 0.15) is 10.6 Å². The highest BCUT2D eigenvalue weighted by atomic mass is 35.5. The van der Waals surface area contributed by atoms with Gasteiger partial charge in [0, 0.05) is 70.1 Å². The van der Waals surface area contributed by atoms with E-state index in [9.17, 15) is 13.2 Å². The lowest BCUT2D eigenvalue weighted by molar-refractivity contribution is 0.0943. The summed E-state index contributed by atoms with van der Waals surface area (Å²) in [5.41, 5.74) is 0.283. The molecule has 2 fully saturated rings. The number of aromatic nitrogens is 1. The second-order valence-electron chi connectivity index (χ2n) is 6.11. The van der Waals surface area contributed by atoms with Gasteiger partial charge in [0.2, 0.25) is 10.0 Å². The van der Waals surface area contributed by atoms with Crippen molar-refractivity contribution in [1.82, 2.24) is 24.8 Å². The monoisotopic (exact) mass is 423 g/mol. The number of piperazine rings is 1. The summed E-state index contributed by atoms with van der Waals surface area (Å²) in [4.78, 5) is 17.5. The molecule has 26 heavy (non-hydrogen) atoms. The van der Waals surface area contributed by atoms with Crippen LogP contribution in [0.3, 0.4) is 0 Å². The number of nitrogens with zero attached hydrogens (tertiary/aromatic N) is 2. The first-order valence-electron chi connectivity index (χ1n) is 8.55. The van der Waals surface area contributed by atoms with Crippen LogP contribution in [-0.4, -0.2) is 92.4 Å². The van der Waals surface area contributed by atoms with Crippen LogP contribution in [0, 0.1) is 0 Å². The van der Waals surface area contributed by atoms with Crippen LogP contribution in [0.5, 0.6) is 0 Å². The van der Waals surface area contributed by atoms with Gasteiger partial charge in [-0.1, -0.05) is 0 Å². The number of halogens is 1. The topological polar surface area (TPSA) is 97.5 Å². The summed E-state index contributed by atoms with van der Waals surface area (Å²) in [7, 11) is -3.52. The van der Waals surface area contributed by atoms with Crippen molar-refractivity contribution in [2.75, 3.05) is 63.9 Å². The van der Waals surface area contributed by atoms with Gasteiger partial charge in [0.05, 0.1) is 0 Å². The van der Waals surface area contributed by atoms with E-state index in [-0.39, 0.29) is 28.9 Å². The number of hydrogen-bond donors (Lipinski definition) is 3. The Morgan fingerprint density at radius 3 is 2.58 bits per heavy atom. The maximum Gasteiger partial charge on any atom is 0.267 e. The summed E-state index contributed by atoms with van der Waals surface area (Å²) in [5, 5.41) is 6.13. The molecule has 1 aromatic heterocycles. The van der Waals surface area contributed by atoms with E-state index in [4.69, 9.17) is 0 Å². The normalized spacial score (nSPS) is 19.7. The first kappa shape index (κ1) is 21.5. The maximum atomic E-state index is 12.6. The van der Waals surface area contributed by atoms with Crippen LogP contribution in [-0.2, 0) is 10.0 Å². The second kappa shape index (κ2) is 9.95. The molecule has 0 aliphatic carbocycles. The van der Waals surface area contributed by atoms with Crippen molar-refractivity contribution in [2.45, 2.75) is 4.90 Å². The number of hydrogen-bond acceptors (Lipinski definition) is 6. The van der Waals surface area contributed by atoms with Gasteiger partial charge in [-0.2, -0.15) is 16.1 Å². The Labute approximate surface area is 164 Å². The third kappa shape index (κ3) is 5.37. The summed E-state index contributed by atoms with van der Waals surface area (Å²) in [6.45, 7) is 6.29. The molecule has 8 nitrogen and oxygen atoms in total. The van der Waals surface area contributed by atoms with E-state index in [1.807, 2.05) is 0 Å². The molecule has 1 aromatic rings. The predicted molar refractivity (Wildman–Crippen MR) is 106 cm³/mol. The molecule has 2 aliphatic heterocycles. The fraction of sp³-hybridized carbons (Fsp3) is 0.667. The standard InChI is InChI=1S/C15H25N5O3S2.ClH/c21-15(17-3-6-19-4-1-16-2-5-19)14-11-13(12-18-14)25(22,23)20-7-9-24-10-8-20;/h11-12,16,18H,1-10H2,(H,17,21);1H. The largest absolute Gasteiger partial charge is 0.356 e. The fourth-order valence-corrected chi connectivity index (χ4v) is 5.52. The van der Waals surface area contributed by atoms with Gasteiger partial charge in [-0.3, -0.25) is 9.69 Å². The summed E-state index contributed by atoms with van der Waals surface area (Å²) >= 11 is 1.75. The Hall–Kier alpha value is -0.780. The van der Waals surface area contributed by atoms with Crippen LogP contribution >= 0.6 is 24.2 Å². The van der Waals surface area contributed by atoms with Gasteiger partial charge in [-0.05, 0) is 6.07 Å². The number of carbonyl (C=O) groups excluding carboxylic acids is 1. The maximum absolute atomic E-state index is 12.6. The predicted octanol–water partition coefficient (Wildman–Crippen LogP) is -0.191. The number of carbonyl (C=O) groups is 1. The average molecular weight is 424 g/mol. The lowest BCUT2D eigenvalue weighted by Gasteiger charge is -2.27. The molecule has 0 atom stereocenters. The molecule has 0 bridgehead atoms. The fourth-order valence-electron chi connectivity index (χ4n) is 2.95. The minimum atomic E-state index is -3.52. The van der Waals surface area contributed by atoms with E-state index in [1.165, 1.54) is 16.6 Å². The number of amides is 1. The van der Waals surface area contributed by atoms with E-state index in [1.54, 1.807) is 11.8 Å². The Kier molecular flexibility index (Phi) is 8.24. The Balaban J connectivity index is 0.00000243. The molecule has 3 heterocycles. The first-order valence-corrected chi connectivity index (χ1v) is 11.1. The third-order valence-corrected chi connectivity index (χ3v) is 7.25. The Bertz CT molecular complexity index is 685. The highest BCUT2D eigenvalue weighted by Gasteiger charge is 2.27. The SMILES string of the molecule is Cl.O=C(NCCN1CCNCC1)c1cc(S(=O)(=O)N2CCSCC2)c[nH]1. The van der Waals surface area contributed by atoms with Crippen LogP contribution < -0.4 is 10.6 Å². The number of thioether (sulfide) groups is 1. The smallest absolute Gasteiger partial charge is 0.267 e. The number of nitrogens with one attached hydrogen (secondary N) is 3. The van der Waals surface area contributed by atoms with Gasteiger partial charge in [0.25, 0.3) is 5.91 Å². The molecule has 3 rings (SSSR count). The van der Waals surface area contributed by atoms with Gasteiger partial charge in [0.15, 0.2) is 0 Å². The van der Waals surface area contributed by atoms with E-state index >= 15 is 0 Å². The molecule has 11 heteroatoms. The van der Waals surface area contributed by atoms with Crippen LogP contribution in [0.2, 0.25) is 0 Å². The Morgan fingerprint density at radius 2 is 1.88 bits per heavy atom. The lowest BCUT2D eigenvalue weighted by atomic mass is 10.3. The van der Waals surface area contributed by atoms with Gasteiger partial charge < -0.3 is 15.6 Å². The van der Waals surface area contributed by atoms with Gasteiger partial charge in [-0.15, -0.1) is 12.4 Å². The first-order chi connectivity index (χ1) is 12.1. The van der Waals surface area contributed by atoms with Crippen LogP contribution in [0.1, 0.15) is 10.5 Å². The van der Waals surface area contributed by atoms with Crippen molar-refractivity contribution in [1.29, 1.82) is 0 Å². The highest BCUT2D eigenvalue weighted by molar-refractivity contribution is 7.99. The van der Waals surface area contributed by atoms with Crippen molar-refractivity contribution >= 4 is 40.1 Å². The van der Waals surface area contributed by atoms with E-state index < -0.39 is 10.0 Å². The van der Waals surface area contributed by atoms with Crippen LogP contribution in [0.25, 0.3) is 0 Å². The van der Waals surface area contributed by atoms with E-state index in [2.05, 4.69) is 20.5 Å². The summed E-state index contributed by atoms with van der Waals surface area (Å²) in [6.07, 6.45) is 1.41. The zero-order valence-electron chi connectivity index (χ0n) is 14.6. The van der Waals surface area contributed by atoms with Crippen molar-refractivity contribution in [3.05, 3.63) is 18.0 Å². The highest BCUT2D eigenvalue weighted by Crippen LogP contribution is 2.20. The van der Waals surface area contributed by atoms with Crippen molar-refractivity contribution < 1.29 is 13.2 Å².